The summed E-state index contributed by atoms with van der Waals surface area (Å²) >= 11 is 1.42. The molecule has 3 heterocycles. The minimum Gasteiger partial charge on any atom is -0.480 e. The highest BCUT2D eigenvalue weighted by Gasteiger charge is 2.36. The SMILES string of the molecule is O=C(O)[C@@H]1CCCN1C(=O)c1nc(-c2cccs2)n(-c2cccc(F)c2)n1. The number of amides is 1. The minimum absolute atomic E-state index is 0.101. The van der Waals surface area contributed by atoms with Gasteiger partial charge in [-0.25, -0.2) is 18.9 Å². The fourth-order valence-electron chi connectivity index (χ4n) is 3.15. The number of aliphatic carboxylic acids is 1. The van der Waals surface area contributed by atoms with E-state index in [2.05, 4.69) is 10.1 Å². The predicted molar refractivity (Wildman–Crippen MR) is 96.3 cm³/mol. The van der Waals surface area contributed by atoms with Crippen LogP contribution in [0, 0.1) is 5.82 Å². The average Bonchev–Trinajstić information content (AvgIpc) is 3.40. The van der Waals surface area contributed by atoms with E-state index in [9.17, 15) is 19.1 Å². The first-order valence-electron chi connectivity index (χ1n) is 8.35. The van der Waals surface area contributed by atoms with E-state index in [1.807, 2.05) is 17.5 Å². The quantitative estimate of drug-likeness (QED) is 0.745. The van der Waals surface area contributed by atoms with Crippen molar-refractivity contribution < 1.29 is 19.1 Å². The molecule has 1 N–H and O–H groups in total. The Morgan fingerprint density at radius 3 is 2.81 bits per heavy atom. The van der Waals surface area contributed by atoms with E-state index in [1.54, 1.807) is 12.1 Å². The molecule has 1 saturated heterocycles. The smallest absolute Gasteiger partial charge is 0.326 e. The molecule has 7 nitrogen and oxygen atoms in total. The Labute approximate surface area is 157 Å². The standard InChI is InChI=1S/C18H15FN4O3S/c19-11-4-1-5-12(10-11)23-16(14-7-3-9-27-14)20-15(21-23)17(24)22-8-2-6-13(22)18(25)26/h1,3-5,7,9-10,13H,2,6,8H2,(H,25,26)/t13-/m0/s1. The van der Waals surface area contributed by atoms with Crippen molar-refractivity contribution >= 4 is 23.2 Å². The van der Waals surface area contributed by atoms with Crippen molar-refractivity contribution in [2.45, 2.75) is 18.9 Å². The second kappa shape index (κ2) is 6.92. The summed E-state index contributed by atoms with van der Waals surface area (Å²) in [6.45, 7) is 0.346. The van der Waals surface area contributed by atoms with Crippen molar-refractivity contribution in [3.8, 4) is 16.4 Å². The summed E-state index contributed by atoms with van der Waals surface area (Å²) in [6.07, 6.45) is 1.02. The molecule has 1 amide bonds. The number of carboxylic acid groups (broad SMARTS) is 1. The number of likely N-dealkylation sites (tertiary alicyclic amines) is 1. The molecular formula is C18H15FN4O3S. The van der Waals surface area contributed by atoms with Crippen LogP contribution < -0.4 is 0 Å². The number of carbonyl (C=O) groups is 2. The van der Waals surface area contributed by atoms with Gasteiger partial charge in [0.2, 0.25) is 5.82 Å². The predicted octanol–water partition coefficient (Wildman–Crippen LogP) is 2.82. The Balaban J connectivity index is 1.78. The van der Waals surface area contributed by atoms with Crippen LogP contribution >= 0.6 is 11.3 Å². The molecule has 1 aliphatic rings. The lowest BCUT2D eigenvalue weighted by atomic mass is 10.2. The van der Waals surface area contributed by atoms with Gasteiger partial charge in [0.15, 0.2) is 5.82 Å². The van der Waals surface area contributed by atoms with Gasteiger partial charge in [0.25, 0.3) is 5.91 Å². The van der Waals surface area contributed by atoms with Gasteiger partial charge in [-0.1, -0.05) is 12.1 Å². The van der Waals surface area contributed by atoms with Gasteiger partial charge in [-0.15, -0.1) is 16.4 Å². The van der Waals surface area contributed by atoms with Crippen molar-refractivity contribution in [3.05, 3.63) is 53.4 Å². The summed E-state index contributed by atoms with van der Waals surface area (Å²) < 4.78 is 15.1. The van der Waals surface area contributed by atoms with Crippen LogP contribution in [0.2, 0.25) is 0 Å². The number of hydrogen-bond acceptors (Lipinski definition) is 5. The molecule has 0 radical (unpaired) electrons. The van der Waals surface area contributed by atoms with Crippen LogP contribution in [0.5, 0.6) is 0 Å². The lowest BCUT2D eigenvalue weighted by Gasteiger charge is -2.19. The van der Waals surface area contributed by atoms with Crippen LogP contribution in [0.4, 0.5) is 4.39 Å². The van der Waals surface area contributed by atoms with Gasteiger partial charge >= 0.3 is 5.97 Å². The first-order chi connectivity index (χ1) is 13.0. The molecule has 1 fully saturated rings. The van der Waals surface area contributed by atoms with E-state index in [1.165, 1.54) is 33.1 Å². The normalized spacial score (nSPS) is 16.6. The first kappa shape index (κ1) is 17.3. The van der Waals surface area contributed by atoms with Crippen molar-refractivity contribution in [2.75, 3.05) is 6.54 Å². The molecule has 2 aromatic heterocycles. The molecule has 0 spiro atoms. The Kier molecular flexibility index (Phi) is 4.44. The van der Waals surface area contributed by atoms with Gasteiger partial charge in [-0.05, 0) is 42.5 Å². The molecule has 1 aromatic carbocycles. The first-order valence-corrected chi connectivity index (χ1v) is 9.23. The molecule has 0 aliphatic carbocycles. The number of rotatable bonds is 4. The third-order valence-corrected chi connectivity index (χ3v) is 5.26. The number of thiophene rings is 1. The highest BCUT2D eigenvalue weighted by Crippen LogP contribution is 2.27. The highest BCUT2D eigenvalue weighted by molar-refractivity contribution is 7.13. The molecule has 1 atom stereocenters. The van der Waals surface area contributed by atoms with E-state index >= 15 is 0 Å². The number of benzene rings is 1. The zero-order valence-electron chi connectivity index (χ0n) is 14.1. The molecule has 4 rings (SSSR count). The van der Waals surface area contributed by atoms with Gasteiger partial charge in [0.1, 0.15) is 11.9 Å². The Morgan fingerprint density at radius 1 is 1.26 bits per heavy atom. The van der Waals surface area contributed by atoms with Crippen LogP contribution in [0.25, 0.3) is 16.4 Å². The Bertz CT molecular complexity index is 1000. The summed E-state index contributed by atoms with van der Waals surface area (Å²) in [5, 5.41) is 15.5. The third-order valence-electron chi connectivity index (χ3n) is 4.39. The summed E-state index contributed by atoms with van der Waals surface area (Å²) in [5.74, 6) is -1.70. The van der Waals surface area contributed by atoms with Crippen LogP contribution in [0.15, 0.2) is 41.8 Å². The Hall–Kier alpha value is -3.07. The van der Waals surface area contributed by atoms with Crippen LogP contribution in [-0.2, 0) is 4.79 Å². The lowest BCUT2D eigenvalue weighted by Crippen LogP contribution is -2.40. The molecule has 9 heteroatoms. The molecule has 1 aliphatic heterocycles. The van der Waals surface area contributed by atoms with Crippen molar-refractivity contribution in [1.29, 1.82) is 0 Å². The molecule has 0 unspecified atom stereocenters. The summed E-state index contributed by atoms with van der Waals surface area (Å²) in [7, 11) is 0. The van der Waals surface area contributed by atoms with Gasteiger partial charge in [-0.2, -0.15) is 0 Å². The molecule has 27 heavy (non-hydrogen) atoms. The molecule has 3 aromatic rings. The van der Waals surface area contributed by atoms with Gasteiger partial charge in [0, 0.05) is 6.54 Å². The maximum Gasteiger partial charge on any atom is 0.326 e. The zero-order valence-corrected chi connectivity index (χ0v) is 14.9. The summed E-state index contributed by atoms with van der Waals surface area (Å²) in [4.78, 5) is 30.6. The van der Waals surface area contributed by atoms with E-state index in [0.717, 1.165) is 4.88 Å². The van der Waals surface area contributed by atoms with Crippen molar-refractivity contribution in [1.82, 2.24) is 19.7 Å². The van der Waals surface area contributed by atoms with Crippen molar-refractivity contribution in [2.24, 2.45) is 0 Å². The molecular weight excluding hydrogens is 371 g/mol. The van der Waals surface area contributed by atoms with Crippen LogP contribution in [0.1, 0.15) is 23.5 Å². The number of aromatic nitrogens is 3. The summed E-state index contributed by atoms with van der Waals surface area (Å²) in [5.41, 5.74) is 0.432. The van der Waals surface area contributed by atoms with Crippen LogP contribution in [0.3, 0.4) is 0 Å². The summed E-state index contributed by atoms with van der Waals surface area (Å²) in [6, 6.07) is 8.63. The number of nitrogens with zero attached hydrogens (tertiary/aromatic N) is 4. The Morgan fingerprint density at radius 2 is 2.11 bits per heavy atom. The van der Waals surface area contributed by atoms with Gasteiger partial charge in [-0.3, -0.25) is 4.79 Å². The van der Waals surface area contributed by atoms with E-state index < -0.39 is 23.7 Å². The van der Waals surface area contributed by atoms with Gasteiger partial charge in [0.05, 0.1) is 10.6 Å². The van der Waals surface area contributed by atoms with E-state index in [0.29, 0.717) is 30.9 Å². The number of hydrogen-bond donors (Lipinski definition) is 1. The number of halogens is 1. The fraction of sp³-hybridized carbons (Fsp3) is 0.222. The number of carboxylic acids is 1. The molecule has 0 bridgehead atoms. The highest BCUT2D eigenvalue weighted by atomic mass is 32.1. The van der Waals surface area contributed by atoms with E-state index in [4.69, 9.17) is 0 Å². The van der Waals surface area contributed by atoms with Gasteiger partial charge < -0.3 is 10.0 Å². The number of carbonyl (C=O) groups excluding carboxylic acids is 1. The monoisotopic (exact) mass is 386 g/mol. The lowest BCUT2D eigenvalue weighted by molar-refractivity contribution is -0.141. The van der Waals surface area contributed by atoms with Crippen LogP contribution in [-0.4, -0.2) is 49.2 Å². The fourth-order valence-corrected chi connectivity index (χ4v) is 3.85. The molecule has 0 saturated carbocycles. The molecule has 138 valence electrons. The van der Waals surface area contributed by atoms with E-state index in [-0.39, 0.29) is 5.82 Å². The third kappa shape index (κ3) is 3.21. The zero-order chi connectivity index (χ0) is 19.0. The largest absolute Gasteiger partial charge is 0.480 e. The second-order valence-corrected chi connectivity index (χ2v) is 7.07. The van der Waals surface area contributed by atoms with Crippen molar-refractivity contribution in [3.63, 3.8) is 0 Å². The maximum atomic E-state index is 13.7. The average molecular weight is 386 g/mol. The minimum atomic E-state index is -1.04. The topological polar surface area (TPSA) is 88.3 Å². The second-order valence-electron chi connectivity index (χ2n) is 6.12. The maximum absolute atomic E-state index is 13.7.